The number of likely N-dealkylation sites (tertiary alicyclic amines) is 1. The summed E-state index contributed by atoms with van der Waals surface area (Å²) in [4.78, 5) is 22.5. The highest BCUT2D eigenvalue weighted by Crippen LogP contribution is 2.30. The van der Waals surface area contributed by atoms with Crippen LogP contribution in [-0.2, 0) is 11.8 Å². The zero-order chi connectivity index (χ0) is 22.2. The van der Waals surface area contributed by atoms with Crippen molar-refractivity contribution in [1.82, 2.24) is 34.4 Å². The van der Waals surface area contributed by atoms with Gasteiger partial charge >= 0.3 is 0 Å². The Hall–Kier alpha value is -3.73. The van der Waals surface area contributed by atoms with Gasteiger partial charge < -0.3 is 5.32 Å². The Bertz CT molecular complexity index is 1290. The van der Waals surface area contributed by atoms with Gasteiger partial charge in [0.15, 0.2) is 11.6 Å². The van der Waals surface area contributed by atoms with Crippen molar-refractivity contribution in [3.8, 4) is 16.9 Å². The molecule has 0 bridgehead atoms. The number of nitrogens with one attached hydrogen (secondary N) is 1. The third-order valence-electron chi connectivity index (χ3n) is 5.40. The van der Waals surface area contributed by atoms with Crippen LogP contribution in [0.2, 0.25) is 0 Å². The number of nitrogens with zero attached hydrogens (tertiary/aromatic N) is 7. The molecule has 4 heterocycles. The van der Waals surface area contributed by atoms with Gasteiger partial charge in [0.25, 0.3) is 0 Å². The fraction of sp³-hybridized carbons (Fsp3) is 0.286. The fourth-order valence-corrected chi connectivity index (χ4v) is 3.95. The summed E-state index contributed by atoms with van der Waals surface area (Å²) in [6.45, 7) is 1.90. The minimum absolute atomic E-state index is 0.0492. The van der Waals surface area contributed by atoms with Crippen LogP contribution in [0.3, 0.4) is 0 Å². The van der Waals surface area contributed by atoms with Gasteiger partial charge in [-0.1, -0.05) is 0 Å². The Kier molecular flexibility index (Phi) is 5.10. The van der Waals surface area contributed by atoms with E-state index in [-0.39, 0.29) is 23.8 Å². The number of hydrogen-bond acceptors (Lipinski definition) is 6. The number of halogens is 2. The second-order valence-corrected chi connectivity index (χ2v) is 7.74. The lowest BCUT2D eigenvalue weighted by molar-refractivity contribution is -0.117. The van der Waals surface area contributed by atoms with Crippen LogP contribution in [0.4, 0.5) is 14.5 Å². The molecule has 1 aliphatic heterocycles. The molecule has 0 saturated carbocycles. The maximum Gasteiger partial charge on any atom is 0.238 e. The monoisotopic (exact) mass is 438 g/mol. The number of rotatable bonds is 5. The Morgan fingerprint density at radius 2 is 1.91 bits per heavy atom. The molecule has 1 fully saturated rings. The molecule has 0 aliphatic carbocycles. The highest BCUT2D eigenvalue weighted by molar-refractivity contribution is 5.93. The van der Waals surface area contributed by atoms with E-state index in [1.54, 1.807) is 24.1 Å². The Morgan fingerprint density at radius 3 is 2.59 bits per heavy atom. The van der Waals surface area contributed by atoms with Crippen LogP contribution in [0.15, 0.2) is 37.1 Å². The van der Waals surface area contributed by atoms with E-state index >= 15 is 8.78 Å². The molecule has 1 N–H and O–H groups in total. The molecule has 1 saturated heterocycles. The van der Waals surface area contributed by atoms with Gasteiger partial charge in [-0.25, -0.2) is 23.4 Å². The van der Waals surface area contributed by atoms with Gasteiger partial charge in [-0.2, -0.15) is 10.2 Å². The summed E-state index contributed by atoms with van der Waals surface area (Å²) < 4.78 is 32.9. The summed E-state index contributed by atoms with van der Waals surface area (Å²) >= 11 is 0. The molecule has 1 amide bonds. The number of amides is 1. The molecule has 164 valence electrons. The summed E-state index contributed by atoms with van der Waals surface area (Å²) in [5, 5.41) is 11.1. The van der Waals surface area contributed by atoms with Crippen molar-refractivity contribution < 1.29 is 13.6 Å². The maximum atomic E-state index is 15.1. The lowest BCUT2D eigenvalue weighted by Gasteiger charge is -2.15. The second-order valence-electron chi connectivity index (χ2n) is 7.74. The smallest absolute Gasteiger partial charge is 0.238 e. The van der Waals surface area contributed by atoms with E-state index in [1.807, 2.05) is 4.90 Å². The number of carbonyl (C=O) groups is 1. The molecule has 5 rings (SSSR count). The number of carbonyl (C=O) groups excluding carboxylic acids is 1. The van der Waals surface area contributed by atoms with Crippen molar-refractivity contribution in [2.75, 3.05) is 25.0 Å². The molecule has 1 aliphatic rings. The largest absolute Gasteiger partial charge is 0.325 e. The molecule has 0 unspecified atom stereocenters. The minimum Gasteiger partial charge on any atom is -0.325 e. The van der Waals surface area contributed by atoms with Crippen molar-refractivity contribution in [2.45, 2.75) is 12.8 Å². The Morgan fingerprint density at radius 1 is 1.16 bits per heavy atom. The van der Waals surface area contributed by atoms with Crippen LogP contribution < -0.4 is 5.32 Å². The maximum absolute atomic E-state index is 15.1. The molecule has 0 spiro atoms. The van der Waals surface area contributed by atoms with E-state index < -0.39 is 11.6 Å². The molecular weight excluding hydrogens is 418 g/mol. The molecule has 32 heavy (non-hydrogen) atoms. The summed E-state index contributed by atoms with van der Waals surface area (Å²) in [7, 11) is 1.76. The number of aromatic nitrogens is 6. The van der Waals surface area contributed by atoms with Crippen LogP contribution in [0.5, 0.6) is 0 Å². The number of benzene rings is 1. The summed E-state index contributed by atoms with van der Waals surface area (Å²) in [5.74, 6) is -2.05. The zero-order valence-electron chi connectivity index (χ0n) is 17.3. The number of hydrogen-bond donors (Lipinski definition) is 1. The average Bonchev–Trinajstić information content (AvgIpc) is 3.48. The lowest BCUT2D eigenvalue weighted by Crippen LogP contribution is -2.31. The SMILES string of the molecule is Cn1cc(-c2nn(-c3c(F)cc(NC(=O)CN4CCCC4)cc3F)c3cncnc23)cn1. The minimum atomic E-state index is -0.868. The molecule has 3 aromatic heterocycles. The van der Waals surface area contributed by atoms with Crippen molar-refractivity contribution >= 4 is 22.6 Å². The van der Waals surface area contributed by atoms with Gasteiger partial charge in [0.2, 0.25) is 5.91 Å². The summed E-state index contributed by atoms with van der Waals surface area (Å²) in [5.41, 5.74) is 1.54. The highest BCUT2D eigenvalue weighted by Gasteiger charge is 2.22. The van der Waals surface area contributed by atoms with E-state index in [1.165, 1.54) is 12.5 Å². The van der Waals surface area contributed by atoms with Crippen molar-refractivity contribution in [3.63, 3.8) is 0 Å². The van der Waals surface area contributed by atoms with E-state index in [0.717, 1.165) is 42.7 Å². The Labute approximate surface area is 181 Å². The normalized spacial score (nSPS) is 14.3. The molecule has 11 heteroatoms. The number of fused-ring (bicyclic) bond motifs is 1. The third-order valence-corrected chi connectivity index (χ3v) is 5.40. The average molecular weight is 438 g/mol. The quantitative estimate of drug-likeness (QED) is 0.515. The van der Waals surface area contributed by atoms with Crippen LogP contribution in [0.1, 0.15) is 12.8 Å². The highest BCUT2D eigenvalue weighted by atomic mass is 19.1. The molecule has 9 nitrogen and oxygen atoms in total. The first-order valence-corrected chi connectivity index (χ1v) is 10.2. The third kappa shape index (κ3) is 3.71. The van der Waals surface area contributed by atoms with E-state index in [2.05, 4.69) is 25.5 Å². The lowest BCUT2D eigenvalue weighted by atomic mass is 10.2. The molecule has 4 aromatic rings. The van der Waals surface area contributed by atoms with Crippen LogP contribution in [0.25, 0.3) is 28.0 Å². The molecule has 0 atom stereocenters. The van der Waals surface area contributed by atoms with Crippen molar-refractivity contribution in [3.05, 3.63) is 48.7 Å². The van der Waals surface area contributed by atoms with Gasteiger partial charge in [-0.05, 0) is 38.1 Å². The van der Waals surface area contributed by atoms with Crippen LogP contribution in [0, 0.1) is 11.6 Å². The van der Waals surface area contributed by atoms with E-state index in [9.17, 15) is 4.79 Å². The van der Waals surface area contributed by atoms with E-state index in [0.29, 0.717) is 22.3 Å². The number of anilines is 1. The standard InChI is InChI=1S/C21H20F2N8O/c1-29-10-13(8-26-29)19-20-17(9-24-12-25-20)31(28-19)21-15(22)6-14(7-16(21)23)27-18(32)11-30-4-2-3-5-30/h6-10,12H,2-5,11H2,1H3,(H,27,32). The molecule has 1 aromatic carbocycles. The predicted octanol–water partition coefficient (Wildman–Crippen LogP) is 2.53. The Balaban J connectivity index is 1.50. The van der Waals surface area contributed by atoms with Gasteiger partial charge in [0.05, 0.1) is 18.9 Å². The molecular formula is C21H20F2N8O. The van der Waals surface area contributed by atoms with Gasteiger partial charge in [0, 0.05) is 24.5 Å². The first kappa shape index (κ1) is 20.2. The topological polar surface area (TPSA) is 93.8 Å². The van der Waals surface area contributed by atoms with Gasteiger partial charge in [0.1, 0.15) is 28.7 Å². The first-order valence-electron chi connectivity index (χ1n) is 10.2. The zero-order valence-corrected chi connectivity index (χ0v) is 17.3. The summed E-state index contributed by atoms with van der Waals surface area (Å²) in [6, 6.07) is 2.17. The van der Waals surface area contributed by atoms with Crippen LogP contribution >= 0.6 is 0 Å². The van der Waals surface area contributed by atoms with Crippen LogP contribution in [-0.4, -0.2) is 60.0 Å². The van der Waals surface area contributed by atoms with Gasteiger partial charge in [-0.15, -0.1) is 0 Å². The second kappa shape index (κ2) is 8.08. The van der Waals surface area contributed by atoms with Gasteiger partial charge in [-0.3, -0.25) is 14.4 Å². The van der Waals surface area contributed by atoms with Crippen molar-refractivity contribution in [1.29, 1.82) is 0 Å². The summed E-state index contributed by atoms with van der Waals surface area (Å²) in [6.07, 6.45) is 8.22. The molecule has 0 radical (unpaired) electrons. The number of aryl methyl sites for hydroxylation is 1. The first-order chi connectivity index (χ1) is 15.5. The van der Waals surface area contributed by atoms with Crippen molar-refractivity contribution in [2.24, 2.45) is 7.05 Å². The predicted molar refractivity (Wildman–Crippen MR) is 113 cm³/mol. The van der Waals surface area contributed by atoms with E-state index in [4.69, 9.17) is 0 Å². The fourth-order valence-electron chi connectivity index (χ4n) is 3.95.